The highest BCUT2D eigenvalue weighted by atomic mass is 79.9. The molecule has 0 saturated heterocycles. The molecule has 0 amide bonds. The Hall–Kier alpha value is -0.350. The third-order valence-corrected chi connectivity index (χ3v) is 5.95. The van der Waals surface area contributed by atoms with E-state index >= 15 is 0 Å². The number of nitrogens with one attached hydrogen (secondary N) is 1. The van der Waals surface area contributed by atoms with E-state index in [1.54, 1.807) is 0 Å². The van der Waals surface area contributed by atoms with Crippen molar-refractivity contribution in [2.24, 2.45) is 17.8 Å². The average molecular weight is 340 g/mol. The Morgan fingerprint density at radius 2 is 2.25 bits per heavy atom. The second kappa shape index (κ2) is 6.18. The van der Waals surface area contributed by atoms with Crippen LogP contribution < -0.4 is 5.32 Å². The summed E-state index contributed by atoms with van der Waals surface area (Å²) < 4.78 is 3.30. The van der Waals surface area contributed by atoms with E-state index in [4.69, 9.17) is 0 Å². The number of aryl methyl sites for hydroxylation is 1. The van der Waals surface area contributed by atoms with Crippen LogP contribution in [0.2, 0.25) is 0 Å². The van der Waals surface area contributed by atoms with Crippen LogP contribution in [0.15, 0.2) is 10.7 Å². The lowest BCUT2D eigenvalue weighted by molar-refractivity contribution is 0.274. The van der Waals surface area contributed by atoms with Crippen LogP contribution in [0.4, 0.5) is 0 Å². The van der Waals surface area contributed by atoms with Crippen LogP contribution in [0.1, 0.15) is 57.7 Å². The summed E-state index contributed by atoms with van der Waals surface area (Å²) in [7, 11) is 0. The average Bonchev–Trinajstić information content (AvgIpc) is 3.13. The summed E-state index contributed by atoms with van der Waals surface area (Å²) in [6.45, 7) is 6.34. The summed E-state index contributed by atoms with van der Waals surface area (Å²) in [6.07, 6.45) is 9.15. The fraction of sp³-hybridized carbons (Fsp3) is 0.812. The molecule has 4 atom stereocenters. The Bertz CT molecular complexity index is 457. The minimum atomic E-state index is 0.446. The molecule has 2 saturated carbocycles. The largest absolute Gasteiger partial charge is 0.309 e. The monoisotopic (exact) mass is 339 g/mol. The van der Waals surface area contributed by atoms with Crippen LogP contribution in [0, 0.1) is 17.8 Å². The first kappa shape index (κ1) is 14.6. The molecule has 3 nitrogen and oxygen atoms in total. The Morgan fingerprint density at radius 3 is 2.85 bits per heavy atom. The summed E-state index contributed by atoms with van der Waals surface area (Å²) in [6, 6.07) is 0.446. The summed E-state index contributed by atoms with van der Waals surface area (Å²) in [4.78, 5) is 0. The predicted octanol–water partition coefficient (Wildman–Crippen LogP) is 4.14. The van der Waals surface area contributed by atoms with Gasteiger partial charge in [0.2, 0.25) is 0 Å². The Labute approximate surface area is 130 Å². The predicted molar refractivity (Wildman–Crippen MR) is 85.6 cm³/mol. The van der Waals surface area contributed by atoms with E-state index in [-0.39, 0.29) is 0 Å². The molecule has 2 aliphatic rings. The first-order valence-corrected chi connectivity index (χ1v) is 8.96. The first-order valence-electron chi connectivity index (χ1n) is 8.17. The molecule has 3 rings (SSSR count). The molecule has 2 bridgehead atoms. The molecule has 20 heavy (non-hydrogen) atoms. The van der Waals surface area contributed by atoms with Gasteiger partial charge in [-0.25, -0.2) is 0 Å². The van der Waals surface area contributed by atoms with Crippen molar-refractivity contribution in [2.45, 2.75) is 58.5 Å². The van der Waals surface area contributed by atoms with Crippen molar-refractivity contribution in [1.29, 1.82) is 0 Å². The van der Waals surface area contributed by atoms with E-state index in [9.17, 15) is 0 Å². The number of rotatable bonds is 6. The van der Waals surface area contributed by atoms with Crippen molar-refractivity contribution in [1.82, 2.24) is 15.1 Å². The lowest BCUT2D eigenvalue weighted by Crippen LogP contribution is -2.27. The zero-order valence-electron chi connectivity index (χ0n) is 12.6. The van der Waals surface area contributed by atoms with Gasteiger partial charge in [0.05, 0.1) is 22.4 Å². The lowest BCUT2D eigenvalue weighted by atomic mass is 9.83. The van der Waals surface area contributed by atoms with Gasteiger partial charge in [-0.15, -0.1) is 0 Å². The van der Waals surface area contributed by atoms with Gasteiger partial charge in [-0.05, 0) is 72.8 Å². The molecule has 4 heteroatoms. The standard InChI is InChI=1S/C16H26BrN3/c1-3-18-15(16-14(17)10-19-20(16)4-2)9-13-8-11-5-6-12(13)7-11/h10-13,15,18H,3-9H2,1-2H3. The van der Waals surface area contributed by atoms with E-state index in [1.807, 2.05) is 6.20 Å². The Balaban J connectivity index is 1.76. The van der Waals surface area contributed by atoms with Gasteiger partial charge in [-0.2, -0.15) is 5.10 Å². The Morgan fingerprint density at radius 1 is 1.40 bits per heavy atom. The van der Waals surface area contributed by atoms with Crippen molar-refractivity contribution in [3.8, 4) is 0 Å². The van der Waals surface area contributed by atoms with E-state index in [0.29, 0.717) is 6.04 Å². The van der Waals surface area contributed by atoms with Crippen molar-refractivity contribution in [2.75, 3.05) is 6.54 Å². The molecule has 112 valence electrons. The summed E-state index contributed by atoms with van der Waals surface area (Å²) >= 11 is 3.70. The maximum Gasteiger partial charge on any atom is 0.0695 e. The van der Waals surface area contributed by atoms with Gasteiger partial charge in [0.25, 0.3) is 0 Å². The summed E-state index contributed by atoms with van der Waals surface area (Å²) in [5, 5.41) is 8.19. The van der Waals surface area contributed by atoms with Crippen molar-refractivity contribution in [3.05, 3.63) is 16.4 Å². The lowest BCUT2D eigenvalue weighted by Gasteiger charge is -2.28. The topological polar surface area (TPSA) is 29.9 Å². The van der Waals surface area contributed by atoms with E-state index in [2.05, 4.69) is 44.9 Å². The quantitative estimate of drug-likeness (QED) is 0.843. The SMILES string of the molecule is CCNC(CC1CC2CCC1C2)c1c(Br)cnn1CC. The molecular weight excluding hydrogens is 314 g/mol. The van der Waals surface area contributed by atoms with Gasteiger partial charge in [-0.3, -0.25) is 4.68 Å². The number of hydrogen-bond donors (Lipinski definition) is 1. The molecule has 0 aromatic carbocycles. The molecule has 4 unspecified atom stereocenters. The number of fused-ring (bicyclic) bond motifs is 2. The molecule has 0 radical (unpaired) electrons. The minimum Gasteiger partial charge on any atom is -0.309 e. The van der Waals surface area contributed by atoms with Gasteiger partial charge in [0, 0.05) is 6.54 Å². The highest BCUT2D eigenvalue weighted by molar-refractivity contribution is 9.10. The molecule has 0 spiro atoms. The van der Waals surface area contributed by atoms with Crippen LogP contribution in [0.3, 0.4) is 0 Å². The normalized spacial score (nSPS) is 30.1. The van der Waals surface area contributed by atoms with E-state index in [0.717, 1.165) is 35.3 Å². The van der Waals surface area contributed by atoms with Crippen molar-refractivity contribution >= 4 is 15.9 Å². The summed E-state index contributed by atoms with van der Waals surface area (Å²) in [5.41, 5.74) is 1.34. The van der Waals surface area contributed by atoms with Crippen LogP contribution in [0.5, 0.6) is 0 Å². The third kappa shape index (κ3) is 2.69. The molecule has 1 N–H and O–H groups in total. The van der Waals surface area contributed by atoms with E-state index in [1.165, 1.54) is 37.8 Å². The highest BCUT2D eigenvalue weighted by Crippen LogP contribution is 2.51. The van der Waals surface area contributed by atoms with Gasteiger partial charge in [-0.1, -0.05) is 13.3 Å². The number of aromatic nitrogens is 2. The second-order valence-corrected chi connectivity index (χ2v) is 7.33. The van der Waals surface area contributed by atoms with Crippen LogP contribution >= 0.6 is 15.9 Å². The second-order valence-electron chi connectivity index (χ2n) is 6.47. The minimum absolute atomic E-state index is 0.446. The molecule has 1 heterocycles. The zero-order chi connectivity index (χ0) is 14.1. The molecule has 0 aliphatic heterocycles. The Kier molecular flexibility index (Phi) is 4.51. The molecular formula is C16H26BrN3. The third-order valence-electron chi connectivity index (χ3n) is 5.34. The number of hydrogen-bond acceptors (Lipinski definition) is 2. The van der Waals surface area contributed by atoms with Crippen LogP contribution in [-0.4, -0.2) is 16.3 Å². The molecule has 1 aromatic rings. The summed E-state index contributed by atoms with van der Waals surface area (Å²) in [5.74, 6) is 2.95. The van der Waals surface area contributed by atoms with Gasteiger partial charge < -0.3 is 5.32 Å². The molecule has 2 aliphatic carbocycles. The number of halogens is 1. The van der Waals surface area contributed by atoms with Gasteiger partial charge >= 0.3 is 0 Å². The smallest absolute Gasteiger partial charge is 0.0695 e. The van der Waals surface area contributed by atoms with Crippen molar-refractivity contribution in [3.63, 3.8) is 0 Å². The first-order chi connectivity index (χ1) is 9.72. The molecule has 1 aromatic heterocycles. The van der Waals surface area contributed by atoms with Gasteiger partial charge in [0.15, 0.2) is 0 Å². The van der Waals surface area contributed by atoms with Crippen LogP contribution in [-0.2, 0) is 6.54 Å². The number of nitrogens with zero attached hydrogens (tertiary/aromatic N) is 2. The zero-order valence-corrected chi connectivity index (χ0v) is 14.2. The molecule has 2 fully saturated rings. The highest BCUT2D eigenvalue weighted by Gasteiger charge is 2.40. The van der Waals surface area contributed by atoms with E-state index < -0.39 is 0 Å². The fourth-order valence-electron chi connectivity index (χ4n) is 4.48. The maximum atomic E-state index is 4.49. The van der Waals surface area contributed by atoms with Gasteiger partial charge in [0.1, 0.15) is 0 Å². The van der Waals surface area contributed by atoms with Crippen LogP contribution in [0.25, 0.3) is 0 Å². The maximum absolute atomic E-state index is 4.49. The fourth-order valence-corrected chi connectivity index (χ4v) is 5.05. The van der Waals surface area contributed by atoms with Crippen molar-refractivity contribution < 1.29 is 0 Å².